The van der Waals surface area contributed by atoms with Gasteiger partial charge in [-0.3, -0.25) is 9.97 Å². The molecule has 0 fully saturated rings. The van der Waals surface area contributed by atoms with Gasteiger partial charge in [-0.05, 0) is 36.8 Å². The lowest BCUT2D eigenvalue weighted by Gasteiger charge is -2.06. The average Bonchev–Trinajstić information content (AvgIpc) is 3.19. The van der Waals surface area contributed by atoms with Crippen molar-refractivity contribution in [3.63, 3.8) is 0 Å². The van der Waals surface area contributed by atoms with Crippen LogP contribution in [0.2, 0.25) is 1.41 Å². The Morgan fingerprint density at radius 2 is 1.76 bits per heavy atom. The Labute approximate surface area is 147 Å². The fourth-order valence-corrected chi connectivity index (χ4v) is 2.75. The van der Waals surface area contributed by atoms with Crippen molar-refractivity contribution in [3.8, 4) is 27.9 Å². The summed E-state index contributed by atoms with van der Waals surface area (Å²) < 4.78 is 9.15. The molecule has 0 unspecified atom stereocenters. The van der Waals surface area contributed by atoms with E-state index in [-0.39, 0.29) is 0 Å². The minimum Gasteiger partial charge on any atom is -0.399 e. The third-order valence-electron chi connectivity index (χ3n) is 4.10. The third-order valence-corrected chi connectivity index (χ3v) is 4.10. The van der Waals surface area contributed by atoms with E-state index in [0.717, 1.165) is 39.2 Å². The van der Waals surface area contributed by atoms with E-state index in [2.05, 4.69) is 26.9 Å². The van der Waals surface area contributed by atoms with Gasteiger partial charge in [0.25, 0.3) is 0 Å². The van der Waals surface area contributed by atoms with E-state index in [9.17, 15) is 0 Å². The fraction of sp³-hybridized carbons (Fsp3) is 0.0500. The molecule has 0 aliphatic heterocycles. The van der Waals surface area contributed by atoms with E-state index in [4.69, 9.17) is 1.41 Å². The Morgan fingerprint density at radius 3 is 2.56 bits per heavy atom. The first kappa shape index (κ1) is 13.9. The number of nitrogen functional groups attached to an aromatic ring is 1. The van der Waals surface area contributed by atoms with Crippen LogP contribution in [0.5, 0.6) is 0 Å². The van der Waals surface area contributed by atoms with E-state index in [0.29, 0.717) is 0 Å². The molecule has 0 amide bonds. The number of pyridine rings is 2. The normalized spacial score (nSPS) is 11.2. The molecule has 2 N–H and O–H groups in total. The summed E-state index contributed by atoms with van der Waals surface area (Å²) in [4.78, 5) is 8.53. The minimum absolute atomic E-state index is 0.725. The summed E-state index contributed by atoms with van der Waals surface area (Å²) in [5, 5.41) is 4.49. The molecule has 0 bridgehead atoms. The second kappa shape index (κ2) is 6.20. The highest BCUT2D eigenvalue weighted by molar-refractivity contribution is 5.70. The van der Waals surface area contributed by atoms with Gasteiger partial charge >= 0.3 is 0 Å². The lowest BCUT2D eigenvalue weighted by molar-refractivity contribution is 0.873. The van der Waals surface area contributed by atoms with E-state index in [1.54, 1.807) is 6.20 Å². The molecule has 4 rings (SSSR count). The number of anilines is 1. The summed E-state index contributed by atoms with van der Waals surface area (Å²) in [6, 6.07) is 11.8. The van der Waals surface area contributed by atoms with Gasteiger partial charge in [0.1, 0.15) is 0 Å². The standard InChI is InChI=1S/C20H17N5/c1-14-4-5-19(21)8-20(14)25-13-18(12-24-25)17-7-16(10-23-11-17)15-3-2-6-22-9-15/h2-13H,21H2,1H3/i/hD. The SMILES string of the molecule is [2H]Nc1ccc(C)c(-n2cc(-c3cncc(-c4cccnc4)c3)cn2)c1. The molecule has 4 aromatic rings. The van der Waals surface area contributed by atoms with Gasteiger partial charge in [0.2, 0.25) is 0 Å². The predicted octanol–water partition coefficient (Wildman–Crippen LogP) is 3.89. The smallest absolute Gasteiger partial charge is 0.156 e. The molecule has 0 aliphatic carbocycles. The number of aromatic nitrogens is 4. The molecule has 122 valence electrons. The van der Waals surface area contributed by atoms with Crippen LogP contribution in [0.4, 0.5) is 5.69 Å². The number of hydrogen-bond acceptors (Lipinski definition) is 4. The van der Waals surface area contributed by atoms with E-state index < -0.39 is 0 Å². The second-order valence-corrected chi connectivity index (χ2v) is 5.88. The minimum atomic E-state index is 0.725. The van der Waals surface area contributed by atoms with Crippen LogP contribution in [0.3, 0.4) is 0 Å². The van der Waals surface area contributed by atoms with Crippen LogP contribution in [-0.2, 0) is 0 Å². The zero-order valence-corrected chi connectivity index (χ0v) is 13.7. The van der Waals surface area contributed by atoms with Crippen molar-refractivity contribution in [2.24, 2.45) is 0 Å². The topological polar surface area (TPSA) is 69.6 Å². The van der Waals surface area contributed by atoms with E-state index in [1.165, 1.54) is 0 Å². The summed E-state index contributed by atoms with van der Waals surface area (Å²) >= 11 is 0. The number of nitrogens with zero attached hydrogens (tertiary/aromatic N) is 4. The number of aryl methyl sites for hydroxylation is 1. The molecule has 0 saturated heterocycles. The summed E-state index contributed by atoms with van der Waals surface area (Å²) in [5.41, 5.74) is 9.18. The van der Waals surface area contributed by atoms with Gasteiger partial charge in [0, 0.05) is 58.9 Å². The van der Waals surface area contributed by atoms with Crippen molar-refractivity contribution in [2.75, 3.05) is 5.73 Å². The van der Waals surface area contributed by atoms with Crippen LogP contribution < -0.4 is 5.73 Å². The van der Waals surface area contributed by atoms with Gasteiger partial charge in [-0.2, -0.15) is 5.10 Å². The van der Waals surface area contributed by atoms with E-state index in [1.807, 2.05) is 72.9 Å². The van der Waals surface area contributed by atoms with Crippen LogP contribution in [0.15, 0.2) is 73.6 Å². The maximum Gasteiger partial charge on any atom is 0.156 e. The lowest BCUT2D eigenvalue weighted by Crippen LogP contribution is -1.98. The Morgan fingerprint density at radius 1 is 0.920 bits per heavy atom. The van der Waals surface area contributed by atoms with Crippen molar-refractivity contribution >= 4 is 5.69 Å². The van der Waals surface area contributed by atoms with Crippen LogP contribution in [0.1, 0.15) is 5.56 Å². The molecule has 0 radical (unpaired) electrons. The molecule has 5 nitrogen and oxygen atoms in total. The largest absolute Gasteiger partial charge is 0.399 e. The fourth-order valence-electron chi connectivity index (χ4n) is 2.75. The quantitative estimate of drug-likeness (QED) is 0.577. The molecule has 3 heterocycles. The van der Waals surface area contributed by atoms with Crippen molar-refractivity contribution in [1.29, 1.82) is 0 Å². The Hall–Kier alpha value is -3.47. The Kier molecular flexibility index (Phi) is 3.45. The lowest BCUT2D eigenvalue weighted by atomic mass is 10.1. The van der Waals surface area contributed by atoms with Crippen LogP contribution in [0.25, 0.3) is 27.9 Å². The molecular weight excluding hydrogens is 310 g/mol. The monoisotopic (exact) mass is 328 g/mol. The molecule has 5 heteroatoms. The van der Waals surface area contributed by atoms with Crippen molar-refractivity contribution in [3.05, 3.63) is 79.1 Å². The Balaban J connectivity index is 1.71. The van der Waals surface area contributed by atoms with Crippen LogP contribution in [-0.4, -0.2) is 19.7 Å². The number of rotatable bonds is 4. The van der Waals surface area contributed by atoms with Gasteiger partial charge in [0.05, 0.1) is 11.9 Å². The van der Waals surface area contributed by atoms with Crippen LogP contribution >= 0.6 is 0 Å². The highest BCUT2D eigenvalue weighted by Crippen LogP contribution is 2.26. The zero-order chi connectivity index (χ0) is 17.9. The van der Waals surface area contributed by atoms with Crippen molar-refractivity contribution in [1.82, 2.24) is 19.7 Å². The summed E-state index contributed by atoms with van der Waals surface area (Å²) in [7, 11) is 0. The molecule has 0 saturated carbocycles. The molecule has 0 spiro atoms. The maximum absolute atomic E-state index is 7.33. The maximum atomic E-state index is 7.33. The highest BCUT2D eigenvalue weighted by Gasteiger charge is 2.08. The van der Waals surface area contributed by atoms with Gasteiger partial charge in [-0.1, -0.05) is 12.1 Å². The van der Waals surface area contributed by atoms with Gasteiger partial charge < -0.3 is 5.73 Å². The first-order chi connectivity index (χ1) is 12.7. The number of hydrogen-bond donors (Lipinski definition) is 1. The van der Waals surface area contributed by atoms with Gasteiger partial charge in [-0.25, -0.2) is 4.68 Å². The third kappa shape index (κ3) is 2.99. The second-order valence-electron chi connectivity index (χ2n) is 5.88. The molecule has 1 aromatic carbocycles. The first-order valence-electron chi connectivity index (χ1n) is 8.44. The molecular formula is C20H17N5. The molecule has 0 atom stereocenters. The summed E-state index contributed by atoms with van der Waals surface area (Å²) in [5.74, 6) is 0. The van der Waals surface area contributed by atoms with Crippen molar-refractivity contribution in [2.45, 2.75) is 6.92 Å². The predicted molar refractivity (Wildman–Crippen MR) is 99.2 cm³/mol. The molecule has 25 heavy (non-hydrogen) atoms. The summed E-state index contributed by atoms with van der Waals surface area (Å²) in [6.45, 7) is 2.02. The summed E-state index contributed by atoms with van der Waals surface area (Å²) in [6.07, 6.45) is 11.0. The zero-order valence-electron chi connectivity index (χ0n) is 14.7. The van der Waals surface area contributed by atoms with Gasteiger partial charge in [0.15, 0.2) is 1.41 Å². The van der Waals surface area contributed by atoms with Crippen LogP contribution in [0, 0.1) is 6.92 Å². The number of benzene rings is 1. The Bertz CT molecular complexity index is 1040. The van der Waals surface area contributed by atoms with Crippen molar-refractivity contribution < 1.29 is 1.41 Å². The molecule has 0 aliphatic rings. The number of nitrogens with two attached hydrogens (primary N) is 1. The first-order valence-corrected chi connectivity index (χ1v) is 7.94. The average molecular weight is 328 g/mol. The van der Waals surface area contributed by atoms with E-state index >= 15 is 0 Å². The highest BCUT2D eigenvalue weighted by atomic mass is 15.3. The van der Waals surface area contributed by atoms with Gasteiger partial charge in [-0.15, -0.1) is 0 Å². The molecule has 3 aromatic heterocycles.